The SMILES string of the molecule is CCOC(=O)CCCN(C)C[C@@H]1CCCC[C@]1(O)c1cccc(OC)c1. The lowest BCUT2D eigenvalue weighted by Gasteiger charge is -2.42. The Bertz CT molecular complexity index is 577. The first-order valence-corrected chi connectivity index (χ1v) is 9.70. The van der Waals surface area contributed by atoms with E-state index in [9.17, 15) is 9.90 Å². The van der Waals surface area contributed by atoms with Gasteiger partial charge in [-0.1, -0.05) is 25.0 Å². The summed E-state index contributed by atoms with van der Waals surface area (Å²) in [6.07, 6.45) is 5.20. The quantitative estimate of drug-likeness (QED) is 0.682. The van der Waals surface area contributed by atoms with Crippen LogP contribution in [0.25, 0.3) is 0 Å². The van der Waals surface area contributed by atoms with Gasteiger partial charge in [0.15, 0.2) is 0 Å². The molecule has 5 heteroatoms. The maximum Gasteiger partial charge on any atom is 0.305 e. The first kappa shape index (κ1) is 20.7. The van der Waals surface area contributed by atoms with Crippen molar-refractivity contribution in [2.75, 3.05) is 33.9 Å². The van der Waals surface area contributed by atoms with Crippen LogP contribution in [-0.2, 0) is 15.1 Å². The van der Waals surface area contributed by atoms with Gasteiger partial charge in [0.1, 0.15) is 5.75 Å². The molecule has 146 valence electrons. The van der Waals surface area contributed by atoms with Crippen molar-refractivity contribution in [1.82, 2.24) is 4.90 Å². The number of benzene rings is 1. The van der Waals surface area contributed by atoms with Crippen LogP contribution in [0.5, 0.6) is 5.75 Å². The molecule has 1 aliphatic carbocycles. The number of esters is 1. The molecular weight excluding hydrogens is 330 g/mol. The molecule has 0 aromatic heterocycles. The molecule has 0 heterocycles. The van der Waals surface area contributed by atoms with Gasteiger partial charge in [-0.3, -0.25) is 4.79 Å². The molecule has 0 aliphatic heterocycles. The Balaban J connectivity index is 1.98. The van der Waals surface area contributed by atoms with Crippen molar-refractivity contribution >= 4 is 5.97 Å². The lowest BCUT2D eigenvalue weighted by Crippen LogP contribution is -2.44. The molecule has 1 N–H and O–H groups in total. The van der Waals surface area contributed by atoms with Gasteiger partial charge in [0.2, 0.25) is 0 Å². The molecule has 2 rings (SSSR count). The Hall–Kier alpha value is -1.59. The number of nitrogens with zero attached hydrogens (tertiary/aromatic N) is 1. The van der Waals surface area contributed by atoms with E-state index in [0.717, 1.165) is 56.5 Å². The van der Waals surface area contributed by atoms with Crippen molar-refractivity contribution in [3.05, 3.63) is 29.8 Å². The molecule has 1 aliphatic rings. The molecular formula is C21H33NO4. The van der Waals surface area contributed by atoms with Crippen LogP contribution in [0.15, 0.2) is 24.3 Å². The minimum Gasteiger partial charge on any atom is -0.497 e. The molecule has 0 saturated heterocycles. The summed E-state index contributed by atoms with van der Waals surface area (Å²) in [4.78, 5) is 13.7. The largest absolute Gasteiger partial charge is 0.497 e. The first-order valence-electron chi connectivity index (χ1n) is 9.70. The van der Waals surface area contributed by atoms with Crippen LogP contribution in [0, 0.1) is 5.92 Å². The minimum atomic E-state index is -0.817. The molecule has 0 radical (unpaired) electrons. The van der Waals surface area contributed by atoms with Crippen LogP contribution in [-0.4, -0.2) is 49.8 Å². The fourth-order valence-corrected chi connectivity index (χ4v) is 3.94. The Morgan fingerprint density at radius 1 is 1.38 bits per heavy atom. The highest BCUT2D eigenvalue weighted by molar-refractivity contribution is 5.69. The summed E-state index contributed by atoms with van der Waals surface area (Å²) in [5.74, 6) is 0.824. The predicted octanol–water partition coefficient (Wildman–Crippen LogP) is 3.35. The Kier molecular flexibility index (Phi) is 7.91. The third-order valence-electron chi connectivity index (χ3n) is 5.36. The van der Waals surface area contributed by atoms with Gasteiger partial charge in [0.25, 0.3) is 0 Å². The fraction of sp³-hybridized carbons (Fsp3) is 0.667. The predicted molar refractivity (Wildman–Crippen MR) is 102 cm³/mol. The van der Waals surface area contributed by atoms with E-state index in [0.29, 0.717) is 13.0 Å². The van der Waals surface area contributed by atoms with Crippen molar-refractivity contribution in [3.8, 4) is 5.75 Å². The second-order valence-electron chi connectivity index (χ2n) is 7.27. The molecule has 1 aromatic rings. The van der Waals surface area contributed by atoms with E-state index in [2.05, 4.69) is 11.9 Å². The molecule has 0 unspecified atom stereocenters. The van der Waals surface area contributed by atoms with E-state index in [1.54, 1.807) is 7.11 Å². The first-order chi connectivity index (χ1) is 12.5. The third kappa shape index (κ3) is 5.45. The highest BCUT2D eigenvalue weighted by atomic mass is 16.5. The van der Waals surface area contributed by atoms with Gasteiger partial charge in [-0.2, -0.15) is 0 Å². The molecule has 1 aromatic carbocycles. The second kappa shape index (κ2) is 9.93. The van der Waals surface area contributed by atoms with Crippen LogP contribution in [0.4, 0.5) is 0 Å². The molecule has 26 heavy (non-hydrogen) atoms. The van der Waals surface area contributed by atoms with Crippen LogP contribution in [0.1, 0.15) is 51.0 Å². The summed E-state index contributed by atoms with van der Waals surface area (Å²) in [6, 6.07) is 7.81. The Labute approximate surface area is 157 Å². The molecule has 1 saturated carbocycles. The summed E-state index contributed by atoms with van der Waals surface area (Å²) < 4.78 is 10.3. The van der Waals surface area contributed by atoms with Gasteiger partial charge in [0, 0.05) is 18.9 Å². The maximum absolute atomic E-state index is 11.5. The summed E-state index contributed by atoms with van der Waals surface area (Å²) in [5.41, 5.74) is 0.129. The maximum atomic E-state index is 11.5. The number of carbonyl (C=O) groups is 1. The topological polar surface area (TPSA) is 59.0 Å². The van der Waals surface area contributed by atoms with E-state index >= 15 is 0 Å². The lowest BCUT2D eigenvalue weighted by atomic mass is 9.71. The summed E-state index contributed by atoms with van der Waals surface area (Å²) >= 11 is 0. The average Bonchev–Trinajstić information content (AvgIpc) is 2.64. The number of rotatable bonds is 9. The highest BCUT2D eigenvalue weighted by Gasteiger charge is 2.40. The number of methoxy groups -OCH3 is 1. The molecule has 2 atom stereocenters. The van der Waals surface area contributed by atoms with Crippen LogP contribution in [0.3, 0.4) is 0 Å². The van der Waals surface area contributed by atoms with Crippen molar-refractivity contribution in [1.29, 1.82) is 0 Å². The number of carbonyl (C=O) groups excluding carboxylic acids is 1. The van der Waals surface area contributed by atoms with Crippen LogP contribution >= 0.6 is 0 Å². The minimum absolute atomic E-state index is 0.133. The third-order valence-corrected chi connectivity index (χ3v) is 5.36. The van der Waals surface area contributed by atoms with Crippen molar-refractivity contribution in [3.63, 3.8) is 0 Å². The summed E-state index contributed by atoms with van der Waals surface area (Å²) in [5, 5.41) is 11.5. The Morgan fingerprint density at radius 2 is 2.19 bits per heavy atom. The van der Waals surface area contributed by atoms with E-state index in [4.69, 9.17) is 9.47 Å². The zero-order valence-electron chi connectivity index (χ0n) is 16.4. The van der Waals surface area contributed by atoms with Gasteiger partial charge < -0.3 is 19.5 Å². The monoisotopic (exact) mass is 363 g/mol. The fourth-order valence-electron chi connectivity index (χ4n) is 3.94. The standard InChI is InChI=1S/C21H33NO4/c1-4-26-20(23)12-8-14-22(2)16-18-9-5-6-13-21(18,24)17-10-7-11-19(15-17)25-3/h7,10-11,15,18,24H,4-6,8-9,12-14,16H2,1-3H3/t18-,21-/m0/s1. The highest BCUT2D eigenvalue weighted by Crippen LogP contribution is 2.42. The Morgan fingerprint density at radius 3 is 2.92 bits per heavy atom. The molecule has 5 nitrogen and oxygen atoms in total. The summed E-state index contributed by atoms with van der Waals surface area (Å²) in [6.45, 7) is 3.90. The van der Waals surface area contributed by atoms with Crippen molar-refractivity contribution in [2.45, 2.75) is 51.0 Å². The van der Waals surface area contributed by atoms with E-state index in [1.165, 1.54) is 0 Å². The van der Waals surface area contributed by atoms with Crippen LogP contribution < -0.4 is 4.74 Å². The second-order valence-corrected chi connectivity index (χ2v) is 7.27. The zero-order valence-corrected chi connectivity index (χ0v) is 16.4. The van der Waals surface area contributed by atoms with Gasteiger partial charge in [-0.05, 0) is 57.5 Å². The number of hydrogen-bond acceptors (Lipinski definition) is 5. The summed E-state index contributed by atoms with van der Waals surface area (Å²) in [7, 11) is 3.71. The van der Waals surface area contributed by atoms with Crippen molar-refractivity contribution in [2.24, 2.45) is 5.92 Å². The molecule has 1 fully saturated rings. The molecule has 0 spiro atoms. The van der Waals surface area contributed by atoms with Gasteiger partial charge in [-0.25, -0.2) is 0 Å². The number of aliphatic hydroxyl groups is 1. The van der Waals surface area contributed by atoms with E-state index < -0.39 is 5.60 Å². The number of hydrogen-bond donors (Lipinski definition) is 1. The normalized spacial score (nSPS) is 23.0. The average molecular weight is 363 g/mol. The van der Waals surface area contributed by atoms with Crippen molar-refractivity contribution < 1.29 is 19.4 Å². The van der Waals surface area contributed by atoms with E-state index in [1.807, 2.05) is 31.2 Å². The van der Waals surface area contributed by atoms with Gasteiger partial charge in [-0.15, -0.1) is 0 Å². The van der Waals surface area contributed by atoms with Crippen LogP contribution in [0.2, 0.25) is 0 Å². The molecule has 0 amide bonds. The zero-order chi connectivity index (χ0) is 19.0. The van der Waals surface area contributed by atoms with Gasteiger partial charge >= 0.3 is 5.97 Å². The van der Waals surface area contributed by atoms with Gasteiger partial charge in [0.05, 0.1) is 19.3 Å². The lowest BCUT2D eigenvalue weighted by molar-refractivity contribution is -0.143. The number of ether oxygens (including phenoxy) is 2. The smallest absolute Gasteiger partial charge is 0.305 e. The molecule has 0 bridgehead atoms. The van der Waals surface area contributed by atoms with E-state index in [-0.39, 0.29) is 11.9 Å².